The van der Waals surface area contributed by atoms with Gasteiger partial charge in [-0.05, 0) is 55.7 Å². The van der Waals surface area contributed by atoms with E-state index in [1.165, 1.54) is 19.2 Å². The molecule has 7 heteroatoms. The molecule has 1 unspecified atom stereocenters. The highest BCUT2D eigenvalue weighted by atomic mass is 19.1. The topological polar surface area (TPSA) is 67.9 Å². The largest absolute Gasteiger partial charge is 0.494 e. The molecule has 6 nitrogen and oxygen atoms in total. The van der Waals surface area contributed by atoms with Crippen molar-refractivity contribution in [3.63, 3.8) is 0 Å². The number of carbonyl (C=O) groups excluding carboxylic acids is 2. The molecule has 1 atom stereocenters. The minimum atomic E-state index is -0.613. The third-order valence-electron chi connectivity index (χ3n) is 4.72. The summed E-state index contributed by atoms with van der Waals surface area (Å²) in [6.45, 7) is 3.08. The van der Waals surface area contributed by atoms with E-state index in [1.54, 1.807) is 4.90 Å². The number of halogens is 1. The molecule has 1 heterocycles. The van der Waals surface area contributed by atoms with Gasteiger partial charge in [-0.1, -0.05) is 12.1 Å². The molecule has 0 spiro atoms. The molecule has 1 aliphatic rings. The van der Waals surface area contributed by atoms with Gasteiger partial charge in [0, 0.05) is 6.54 Å². The number of esters is 1. The second kappa shape index (κ2) is 8.73. The number of hydrogen-bond donors (Lipinski definition) is 1. The lowest BCUT2D eigenvalue weighted by atomic mass is 10.0. The quantitative estimate of drug-likeness (QED) is 0.775. The predicted octanol–water partition coefficient (Wildman–Crippen LogP) is 4.38. The second-order valence-corrected chi connectivity index (χ2v) is 6.47. The van der Waals surface area contributed by atoms with Crippen molar-refractivity contribution >= 4 is 17.7 Å². The lowest BCUT2D eigenvalue weighted by Gasteiger charge is -2.25. The Morgan fingerprint density at radius 1 is 1.21 bits per heavy atom. The minimum absolute atomic E-state index is 0.0507. The Bertz CT molecular complexity index is 854. The van der Waals surface area contributed by atoms with Crippen LogP contribution >= 0.6 is 0 Å². The Labute approximate surface area is 163 Å². The highest BCUT2D eigenvalue weighted by Crippen LogP contribution is 2.33. The van der Waals surface area contributed by atoms with Crippen LogP contribution in [0.5, 0.6) is 5.75 Å². The fourth-order valence-electron chi connectivity index (χ4n) is 3.36. The van der Waals surface area contributed by atoms with Crippen LogP contribution < -0.4 is 10.1 Å². The van der Waals surface area contributed by atoms with Gasteiger partial charge in [0.15, 0.2) is 0 Å². The maximum absolute atomic E-state index is 14.1. The first-order chi connectivity index (χ1) is 13.5. The average molecular weight is 386 g/mol. The van der Waals surface area contributed by atoms with Gasteiger partial charge >= 0.3 is 12.0 Å². The number of amides is 2. The maximum atomic E-state index is 14.1. The highest BCUT2D eigenvalue weighted by Gasteiger charge is 2.30. The number of nitrogens with zero attached hydrogens (tertiary/aromatic N) is 1. The molecule has 1 saturated heterocycles. The first kappa shape index (κ1) is 19.7. The molecule has 28 heavy (non-hydrogen) atoms. The van der Waals surface area contributed by atoms with Crippen LogP contribution in [0.2, 0.25) is 0 Å². The number of anilines is 1. The van der Waals surface area contributed by atoms with Crippen LogP contribution in [0.3, 0.4) is 0 Å². The zero-order chi connectivity index (χ0) is 20.1. The van der Waals surface area contributed by atoms with Gasteiger partial charge in [0.2, 0.25) is 0 Å². The zero-order valence-electron chi connectivity index (χ0n) is 15.9. The van der Waals surface area contributed by atoms with E-state index in [0.29, 0.717) is 13.2 Å². The summed E-state index contributed by atoms with van der Waals surface area (Å²) >= 11 is 0. The van der Waals surface area contributed by atoms with Gasteiger partial charge in [0.1, 0.15) is 11.6 Å². The van der Waals surface area contributed by atoms with Gasteiger partial charge in [-0.3, -0.25) is 0 Å². The molecule has 3 rings (SSSR count). The summed E-state index contributed by atoms with van der Waals surface area (Å²) in [4.78, 5) is 26.1. The summed E-state index contributed by atoms with van der Waals surface area (Å²) in [6, 6.07) is 10.9. The smallest absolute Gasteiger partial charge is 0.337 e. The van der Waals surface area contributed by atoms with Crippen LogP contribution in [0.1, 0.15) is 41.7 Å². The van der Waals surface area contributed by atoms with Crippen LogP contribution in [-0.2, 0) is 4.74 Å². The zero-order valence-corrected chi connectivity index (χ0v) is 15.9. The molecule has 0 aliphatic carbocycles. The molecule has 148 valence electrons. The fourth-order valence-corrected chi connectivity index (χ4v) is 3.36. The van der Waals surface area contributed by atoms with Crippen LogP contribution in [-0.4, -0.2) is 37.2 Å². The average Bonchev–Trinajstić information content (AvgIpc) is 3.20. The van der Waals surface area contributed by atoms with Crippen molar-refractivity contribution in [2.24, 2.45) is 0 Å². The van der Waals surface area contributed by atoms with Gasteiger partial charge in [0.25, 0.3) is 0 Å². The predicted molar refractivity (Wildman–Crippen MR) is 103 cm³/mol. The molecule has 0 aromatic heterocycles. The molecule has 2 aromatic rings. The van der Waals surface area contributed by atoms with E-state index in [0.717, 1.165) is 30.2 Å². The summed E-state index contributed by atoms with van der Waals surface area (Å²) in [5.74, 6) is -0.427. The number of nitrogens with one attached hydrogen (secondary N) is 1. The summed E-state index contributed by atoms with van der Waals surface area (Å²) in [6.07, 6.45) is 1.68. The Kier molecular flexibility index (Phi) is 6.13. The monoisotopic (exact) mass is 386 g/mol. The van der Waals surface area contributed by atoms with Gasteiger partial charge < -0.3 is 19.7 Å². The number of hydrogen-bond acceptors (Lipinski definition) is 4. The number of ether oxygens (including phenoxy) is 2. The Balaban J connectivity index is 1.75. The van der Waals surface area contributed by atoms with E-state index in [4.69, 9.17) is 4.74 Å². The standard InChI is InChI=1S/C21H23FN2O4/c1-3-28-16-9-6-14(7-10-16)19-5-4-12-24(19)21(26)23-18-13-15(20(25)27-2)8-11-17(18)22/h6-11,13,19H,3-5,12H2,1-2H3,(H,23,26). The molecule has 1 fully saturated rings. The summed E-state index contributed by atoms with van der Waals surface area (Å²) < 4.78 is 24.2. The van der Waals surface area contributed by atoms with Gasteiger partial charge in [-0.15, -0.1) is 0 Å². The first-order valence-electron chi connectivity index (χ1n) is 9.21. The lowest BCUT2D eigenvalue weighted by Crippen LogP contribution is -2.34. The van der Waals surface area contributed by atoms with Gasteiger partial charge in [0.05, 0.1) is 31.0 Å². The van der Waals surface area contributed by atoms with Crippen LogP contribution in [0.15, 0.2) is 42.5 Å². The summed E-state index contributed by atoms with van der Waals surface area (Å²) in [5.41, 5.74) is 1.12. The lowest BCUT2D eigenvalue weighted by molar-refractivity contribution is 0.0600. The van der Waals surface area contributed by atoms with Crippen LogP contribution in [0.4, 0.5) is 14.9 Å². The summed E-state index contributed by atoms with van der Waals surface area (Å²) in [5, 5.41) is 2.58. The van der Waals surface area contributed by atoms with E-state index in [9.17, 15) is 14.0 Å². The van der Waals surface area contributed by atoms with Gasteiger partial charge in [-0.2, -0.15) is 0 Å². The molecule has 0 radical (unpaired) electrons. The third kappa shape index (κ3) is 4.24. The minimum Gasteiger partial charge on any atom is -0.494 e. The Morgan fingerprint density at radius 3 is 2.64 bits per heavy atom. The van der Waals surface area contributed by atoms with Crippen molar-refractivity contribution in [1.82, 2.24) is 4.90 Å². The molecule has 1 N–H and O–H groups in total. The number of carbonyl (C=O) groups is 2. The van der Waals surface area contributed by atoms with Crippen LogP contribution in [0, 0.1) is 5.82 Å². The van der Waals surface area contributed by atoms with E-state index in [2.05, 4.69) is 10.1 Å². The molecule has 0 bridgehead atoms. The molecule has 2 amide bonds. The van der Waals surface area contributed by atoms with Crippen LogP contribution in [0.25, 0.3) is 0 Å². The van der Waals surface area contributed by atoms with Crippen molar-refractivity contribution in [2.45, 2.75) is 25.8 Å². The number of likely N-dealkylation sites (tertiary alicyclic amines) is 1. The molecular weight excluding hydrogens is 363 g/mol. The Morgan fingerprint density at radius 2 is 1.96 bits per heavy atom. The normalized spacial score (nSPS) is 16.0. The SMILES string of the molecule is CCOc1ccc(C2CCCN2C(=O)Nc2cc(C(=O)OC)ccc2F)cc1. The number of methoxy groups -OCH3 is 1. The number of urea groups is 1. The highest BCUT2D eigenvalue weighted by molar-refractivity contribution is 5.94. The van der Waals surface area contributed by atoms with E-state index in [1.807, 2.05) is 31.2 Å². The fraction of sp³-hybridized carbons (Fsp3) is 0.333. The number of benzene rings is 2. The second-order valence-electron chi connectivity index (χ2n) is 6.47. The van der Waals surface area contributed by atoms with Crippen molar-refractivity contribution in [3.8, 4) is 5.75 Å². The molecule has 0 saturated carbocycles. The summed E-state index contributed by atoms with van der Waals surface area (Å²) in [7, 11) is 1.25. The van der Waals surface area contributed by atoms with Gasteiger partial charge in [-0.25, -0.2) is 14.0 Å². The van der Waals surface area contributed by atoms with E-state index in [-0.39, 0.29) is 17.3 Å². The van der Waals surface area contributed by atoms with Crippen molar-refractivity contribution in [3.05, 3.63) is 59.4 Å². The van der Waals surface area contributed by atoms with Crippen molar-refractivity contribution in [2.75, 3.05) is 25.6 Å². The Hall–Kier alpha value is -3.09. The first-order valence-corrected chi connectivity index (χ1v) is 9.21. The molecule has 1 aliphatic heterocycles. The van der Waals surface area contributed by atoms with Crippen molar-refractivity contribution in [1.29, 1.82) is 0 Å². The van der Waals surface area contributed by atoms with Crippen molar-refractivity contribution < 1.29 is 23.5 Å². The van der Waals surface area contributed by atoms with E-state index >= 15 is 0 Å². The molecular formula is C21H23FN2O4. The van der Waals surface area contributed by atoms with E-state index < -0.39 is 17.8 Å². The molecule has 2 aromatic carbocycles. The third-order valence-corrected chi connectivity index (χ3v) is 4.72. The number of rotatable bonds is 5. The maximum Gasteiger partial charge on any atom is 0.337 e.